The van der Waals surface area contributed by atoms with Crippen LogP contribution in [0, 0.1) is 0 Å². The van der Waals surface area contributed by atoms with E-state index in [4.69, 9.17) is 12.6 Å². The van der Waals surface area contributed by atoms with Gasteiger partial charge in [-0.1, -0.05) is 0 Å². The second-order valence-corrected chi connectivity index (χ2v) is 3.90. The van der Waals surface area contributed by atoms with Crippen LogP contribution in [0.15, 0.2) is 18.5 Å². The Morgan fingerprint density at radius 3 is 2.88 bits per heavy atom. The molecule has 0 bridgehead atoms. The molecule has 1 aliphatic heterocycles. The van der Waals surface area contributed by atoms with Gasteiger partial charge in [-0.25, -0.2) is 9.97 Å². The predicted octanol–water partition coefficient (Wildman–Crippen LogP) is -0.345. The molecule has 0 unspecified atom stereocenters. The van der Waals surface area contributed by atoms with E-state index >= 15 is 0 Å². The third-order valence-electron chi connectivity index (χ3n) is 2.81. The zero-order valence-corrected chi connectivity index (χ0v) is 9.33. The Morgan fingerprint density at radius 1 is 1.24 bits per heavy atom. The van der Waals surface area contributed by atoms with Crippen LogP contribution in [0.5, 0.6) is 0 Å². The summed E-state index contributed by atoms with van der Waals surface area (Å²) in [6, 6.07) is 1.84. The van der Waals surface area contributed by atoms with Crippen LogP contribution in [-0.2, 0) is 4.74 Å². The second kappa shape index (κ2) is 4.29. The molecule has 0 N–H and O–H groups in total. The number of morpholine rings is 1. The van der Waals surface area contributed by atoms with Gasteiger partial charge in [0.1, 0.15) is 5.82 Å². The molecule has 1 fully saturated rings. The van der Waals surface area contributed by atoms with E-state index in [2.05, 4.69) is 19.9 Å². The maximum absolute atomic E-state index is 5.73. The summed E-state index contributed by atoms with van der Waals surface area (Å²) in [4.78, 5) is 14.8. The van der Waals surface area contributed by atoms with Crippen LogP contribution in [0.3, 0.4) is 0 Å². The van der Waals surface area contributed by atoms with Gasteiger partial charge in [0.15, 0.2) is 7.85 Å². The SMILES string of the molecule is [B]c1nc(N2CCOCC2)c2cnccc2n1. The van der Waals surface area contributed by atoms with Crippen LogP contribution < -0.4 is 10.6 Å². The van der Waals surface area contributed by atoms with E-state index in [-0.39, 0.29) is 0 Å². The Hall–Kier alpha value is -1.69. The molecule has 0 aliphatic carbocycles. The van der Waals surface area contributed by atoms with Gasteiger partial charge in [0, 0.05) is 25.5 Å². The van der Waals surface area contributed by atoms with Crippen molar-refractivity contribution in [1.82, 2.24) is 15.0 Å². The highest BCUT2D eigenvalue weighted by Gasteiger charge is 2.16. The summed E-state index contributed by atoms with van der Waals surface area (Å²) >= 11 is 0. The number of rotatable bonds is 1. The van der Waals surface area contributed by atoms with E-state index in [0.717, 1.165) is 29.8 Å². The van der Waals surface area contributed by atoms with Crippen LogP contribution in [0.2, 0.25) is 0 Å². The van der Waals surface area contributed by atoms with Gasteiger partial charge < -0.3 is 9.64 Å². The highest BCUT2D eigenvalue weighted by atomic mass is 16.5. The van der Waals surface area contributed by atoms with E-state index in [1.54, 1.807) is 12.4 Å². The molecule has 17 heavy (non-hydrogen) atoms. The molecule has 0 atom stereocenters. The summed E-state index contributed by atoms with van der Waals surface area (Å²) in [6.45, 7) is 3.07. The minimum Gasteiger partial charge on any atom is -0.378 e. The van der Waals surface area contributed by atoms with Crippen LogP contribution in [0.1, 0.15) is 0 Å². The highest BCUT2D eigenvalue weighted by molar-refractivity contribution is 6.29. The van der Waals surface area contributed by atoms with Gasteiger partial charge in [-0.2, -0.15) is 0 Å². The van der Waals surface area contributed by atoms with Gasteiger partial charge >= 0.3 is 0 Å². The quantitative estimate of drug-likeness (QED) is 0.622. The van der Waals surface area contributed by atoms with Gasteiger partial charge in [-0.15, -0.1) is 0 Å². The molecular formula is C11H11BN4O. The van der Waals surface area contributed by atoms with Crippen molar-refractivity contribution in [3.05, 3.63) is 18.5 Å². The lowest BCUT2D eigenvalue weighted by molar-refractivity contribution is 0.122. The van der Waals surface area contributed by atoms with Crippen LogP contribution in [-0.4, -0.2) is 49.1 Å². The van der Waals surface area contributed by atoms with E-state index in [1.807, 2.05) is 6.07 Å². The van der Waals surface area contributed by atoms with Crippen molar-refractivity contribution in [2.24, 2.45) is 0 Å². The van der Waals surface area contributed by atoms with E-state index in [9.17, 15) is 0 Å². The maximum Gasteiger partial charge on any atom is 0.170 e. The molecule has 0 spiro atoms. The first-order chi connectivity index (χ1) is 8.34. The number of nitrogens with zero attached hydrogens (tertiary/aromatic N) is 4. The normalized spacial score (nSPS) is 16.4. The summed E-state index contributed by atoms with van der Waals surface area (Å²) in [7, 11) is 5.73. The van der Waals surface area contributed by atoms with Crippen molar-refractivity contribution in [2.45, 2.75) is 0 Å². The van der Waals surface area contributed by atoms with Crippen molar-refractivity contribution in [3.63, 3.8) is 0 Å². The van der Waals surface area contributed by atoms with Crippen molar-refractivity contribution in [3.8, 4) is 0 Å². The highest BCUT2D eigenvalue weighted by Crippen LogP contribution is 2.21. The fourth-order valence-electron chi connectivity index (χ4n) is 1.99. The van der Waals surface area contributed by atoms with E-state index < -0.39 is 0 Å². The minimum absolute atomic E-state index is 0.296. The third kappa shape index (κ3) is 1.96. The number of hydrogen-bond donors (Lipinski definition) is 0. The minimum atomic E-state index is 0.296. The number of hydrogen-bond acceptors (Lipinski definition) is 5. The van der Waals surface area contributed by atoms with Crippen molar-refractivity contribution < 1.29 is 4.74 Å². The molecule has 3 rings (SSSR count). The summed E-state index contributed by atoms with van der Waals surface area (Å²) in [5, 5.41) is 0.934. The fraction of sp³-hybridized carbons (Fsp3) is 0.364. The van der Waals surface area contributed by atoms with Crippen LogP contribution in [0.4, 0.5) is 5.82 Å². The molecule has 6 heteroatoms. The Balaban J connectivity index is 2.13. The second-order valence-electron chi connectivity index (χ2n) is 3.90. The van der Waals surface area contributed by atoms with E-state index in [1.165, 1.54) is 0 Å². The monoisotopic (exact) mass is 226 g/mol. The summed E-state index contributed by atoms with van der Waals surface area (Å²) in [6.07, 6.45) is 3.48. The molecule has 84 valence electrons. The third-order valence-corrected chi connectivity index (χ3v) is 2.81. The first-order valence-electron chi connectivity index (χ1n) is 5.54. The Labute approximate surface area is 100 Å². The van der Waals surface area contributed by atoms with Gasteiger partial charge in [0.2, 0.25) is 0 Å². The predicted molar refractivity (Wildman–Crippen MR) is 65.8 cm³/mol. The Kier molecular flexibility index (Phi) is 2.64. The molecule has 0 amide bonds. The lowest BCUT2D eigenvalue weighted by Crippen LogP contribution is -2.38. The van der Waals surface area contributed by atoms with Crippen LogP contribution >= 0.6 is 0 Å². The van der Waals surface area contributed by atoms with E-state index in [0.29, 0.717) is 18.9 Å². The molecule has 2 radical (unpaired) electrons. The standard InChI is InChI=1S/C11H11BN4O/c12-11-14-9-1-2-13-7-8(9)10(15-11)16-3-5-17-6-4-16/h1-2,7H,3-6H2. The lowest BCUT2D eigenvalue weighted by Gasteiger charge is -2.28. The van der Waals surface area contributed by atoms with Gasteiger partial charge in [-0.05, 0) is 6.07 Å². The van der Waals surface area contributed by atoms with Gasteiger partial charge in [0.25, 0.3) is 0 Å². The van der Waals surface area contributed by atoms with Crippen molar-refractivity contribution in [1.29, 1.82) is 0 Å². The lowest BCUT2D eigenvalue weighted by atomic mass is 10.1. The zero-order valence-electron chi connectivity index (χ0n) is 9.33. The largest absolute Gasteiger partial charge is 0.378 e. The number of anilines is 1. The summed E-state index contributed by atoms with van der Waals surface area (Å²) in [5.74, 6) is 0.851. The van der Waals surface area contributed by atoms with Crippen molar-refractivity contribution in [2.75, 3.05) is 31.2 Å². The topological polar surface area (TPSA) is 51.1 Å². The number of ether oxygens (including phenoxy) is 1. The molecule has 2 aromatic rings. The Bertz CT molecular complexity index is 542. The first-order valence-corrected chi connectivity index (χ1v) is 5.54. The molecule has 3 heterocycles. The summed E-state index contributed by atoms with van der Waals surface area (Å²) in [5.41, 5.74) is 1.12. The number of fused-ring (bicyclic) bond motifs is 1. The zero-order chi connectivity index (χ0) is 11.7. The van der Waals surface area contributed by atoms with Gasteiger partial charge in [0.05, 0.1) is 29.8 Å². The molecule has 1 saturated heterocycles. The molecule has 5 nitrogen and oxygen atoms in total. The molecule has 0 aromatic carbocycles. The summed E-state index contributed by atoms with van der Waals surface area (Å²) < 4.78 is 5.33. The van der Waals surface area contributed by atoms with Gasteiger partial charge in [-0.3, -0.25) is 4.98 Å². The average Bonchev–Trinajstić information content (AvgIpc) is 2.39. The molecule has 2 aromatic heterocycles. The molecule has 1 aliphatic rings. The van der Waals surface area contributed by atoms with Crippen LogP contribution in [0.25, 0.3) is 10.9 Å². The van der Waals surface area contributed by atoms with Crippen molar-refractivity contribution >= 4 is 30.3 Å². The number of aromatic nitrogens is 3. The first kappa shape index (κ1) is 10.5. The smallest absolute Gasteiger partial charge is 0.170 e. The molecular weight excluding hydrogens is 215 g/mol. The Morgan fingerprint density at radius 2 is 2.06 bits per heavy atom. The maximum atomic E-state index is 5.73. The number of pyridine rings is 1. The average molecular weight is 226 g/mol. The fourth-order valence-corrected chi connectivity index (χ4v) is 1.99. The molecule has 0 saturated carbocycles.